The quantitative estimate of drug-likeness (QED) is 0.751. The molecule has 0 saturated carbocycles. The minimum Gasteiger partial charge on any atom is -0.465 e. The maximum absolute atomic E-state index is 11.6. The van der Waals surface area contributed by atoms with Crippen molar-refractivity contribution in [2.24, 2.45) is 0 Å². The molecule has 1 aromatic rings. The maximum atomic E-state index is 11.6. The second-order valence-corrected chi connectivity index (χ2v) is 3.86. The monoisotopic (exact) mass is 234 g/mol. The molecule has 0 unspecified atom stereocenters. The first-order chi connectivity index (χ1) is 8.10. The summed E-state index contributed by atoms with van der Waals surface area (Å²) in [5, 5.41) is 0. The summed E-state index contributed by atoms with van der Waals surface area (Å²) in [6.07, 6.45) is 3.84. The molecule has 0 aromatic heterocycles. The van der Waals surface area contributed by atoms with E-state index >= 15 is 0 Å². The van der Waals surface area contributed by atoms with Gasteiger partial charge in [-0.2, -0.15) is 0 Å². The molecule has 0 atom stereocenters. The second-order valence-electron chi connectivity index (χ2n) is 3.86. The molecular formula is C14H18O3. The molecule has 0 amide bonds. The molecule has 1 rings (SSSR count). The van der Waals surface area contributed by atoms with E-state index in [4.69, 9.17) is 9.47 Å². The van der Waals surface area contributed by atoms with Gasteiger partial charge in [-0.25, -0.2) is 4.79 Å². The Labute approximate surface area is 102 Å². The van der Waals surface area contributed by atoms with Crippen molar-refractivity contribution in [3.8, 4) is 0 Å². The Bertz CT molecular complexity index is 433. The van der Waals surface area contributed by atoms with E-state index in [1.54, 1.807) is 7.11 Å². The first-order valence-electron chi connectivity index (χ1n) is 5.45. The summed E-state index contributed by atoms with van der Waals surface area (Å²) in [5.41, 5.74) is 3.63. The van der Waals surface area contributed by atoms with Gasteiger partial charge in [-0.05, 0) is 36.6 Å². The fourth-order valence-corrected chi connectivity index (χ4v) is 1.59. The van der Waals surface area contributed by atoms with E-state index in [2.05, 4.69) is 0 Å². The van der Waals surface area contributed by atoms with Gasteiger partial charge in [0.2, 0.25) is 0 Å². The standard InChI is InChI=1S/C14H18O3/c1-10-8-12(6-5-7-16-3)9-13(11(10)2)14(15)17-4/h5-6,8-9H,7H2,1-4H3. The fourth-order valence-electron chi connectivity index (χ4n) is 1.59. The topological polar surface area (TPSA) is 35.5 Å². The van der Waals surface area contributed by atoms with Crippen molar-refractivity contribution in [3.63, 3.8) is 0 Å². The zero-order valence-corrected chi connectivity index (χ0v) is 10.7. The molecule has 0 fully saturated rings. The predicted octanol–water partition coefficient (Wildman–Crippen LogP) is 2.75. The lowest BCUT2D eigenvalue weighted by molar-refractivity contribution is 0.0600. The molecule has 92 valence electrons. The first kappa shape index (κ1) is 13.5. The number of methoxy groups -OCH3 is 2. The van der Waals surface area contributed by atoms with Crippen molar-refractivity contribution in [2.45, 2.75) is 13.8 Å². The highest BCUT2D eigenvalue weighted by molar-refractivity contribution is 5.92. The average Bonchev–Trinajstić information content (AvgIpc) is 2.32. The Hall–Kier alpha value is -1.61. The van der Waals surface area contributed by atoms with Crippen LogP contribution in [0.3, 0.4) is 0 Å². The van der Waals surface area contributed by atoms with Crippen molar-refractivity contribution in [1.29, 1.82) is 0 Å². The first-order valence-corrected chi connectivity index (χ1v) is 5.45. The largest absolute Gasteiger partial charge is 0.465 e. The number of carbonyl (C=O) groups excluding carboxylic acids is 1. The SMILES string of the molecule is COCC=Cc1cc(C)c(C)c(C(=O)OC)c1. The van der Waals surface area contributed by atoms with Gasteiger partial charge in [0.25, 0.3) is 0 Å². The number of ether oxygens (including phenoxy) is 2. The lowest BCUT2D eigenvalue weighted by atomic mass is 9.99. The molecule has 0 saturated heterocycles. The molecule has 0 spiro atoms. The zero-order valence-electron chi connectivity index (χ0n) is 10.7. The third-order valence-electron chi connectivity index (χ3n) is 2.67. The van der Waals surface area contributed by atoms with Crippen molar-refractivity contribution in [3.05, 3.63) is 40.5 Å². The summed E-state index contributed by atoms with van der Waals surface area (Å²) in [5.74, 6) is -0.299. The van der Waals surface area contributed by atoms with Gasteiger partial charge in [-0.1, -0.05) is 18.2 Å². The molecule has 0 radical (unpaired) electrons. The summed E-state index contributed by atoms with van der Waals surface area (Å²) < 4.78 is 9.70. The third kappa shape index (κ3) is 3.43. The average molecular weight is 234 g/mol. The van der Waals surface area contributed by atoms with Crippen LogP contribution in [0.2, 0.25) is 0 Å². The van der Waals surface area contributed by atoms with Crippen LogP contribution in [0.1, 0.15) is 27.0 Å². The third-order valence-corrected chi connectivity index (χ3v) is 2.67. The van der Waals surface area contributed by atoms with Crippen LogP contribution in [-0.2, 0) is 9.47 Å². The predicted molar refractivity (Wildman–Crippen MR) is 68.2 cm³/mol. The number of rotatable bonds is 4. The number of aryl methyl sites for hydroxylation is 1. The van der Waals surface area contributed by atoms with E-state index in [1.165, 1.54) is 7.11 Å². The lowest BCUT2D eigenvalue weighted by Crippen LogP contribution is -2.05. The minimum absolute atomic E-state index is 0.299. The van der Waals surface area contributed by atoms with Crippen LogP contribution in [0, 0.1) is 13.8 Å². The molecule has 3 heteroatoms. The van der Waals surface area contributed by atoms with Gasteiger partial charge >= 0.3 is 5.97 Å². The van der Waals surface area contributed by atoms with E-state index in [-0.39, 0.29) is 5.97 Å². The van der Waals surface area contributed by atoms with Crippen LogP contribution in [0.5, 0.6) is 0 Å². The van der Waals surface area contributed by atoms with E-state index in [0.717, 1.165) is 16.7 Å². The van der Waals surface area contributed by atoms with E-state index in [1.807, 2.05) is 38.1 Å². The van der Waals surface area contributed by atoms with E-state index < -0.39 is 0 Å². The second kappa shape index (κ2) is 6.21. The summed E-state index contributed by atoms with van der Waals surface area (Å²) in [6.45, 7) is 4.46. The van der Waals surface area contributed by atoms with Crippen LogP contribution in [-0.4, -0.2) is 26.8 Å². The Morgan fingerprint density at radius 3 is 2.59 bits per heavy atom. The number of hydrogen-bond acceptors (Lipinski definition) is 3. The molecule has 0 heterocycles. The van der Waals surface area contributed by atoms with Crippen LogP contribution >= 0.6 is 0 Å². The molecule has 17 heavy (non-hydrogen) atoms. The molecular weight excluding hydrogens is 216 g/mol. The molecule has 0 bridgehead atoms. The summed E-state index contributed by atoms with van der Waals surface area (Å²) in [6, 6.07) is 3.87. The Kier molecular flexibility index (Phi) is 4.91. The Morgan fingerprint density at radius 1 is 1.29 bits per heavy atom. The normalized spacial score (nSPS) is 10.8. The molecule has 0 aliphatic carbocycles. The molecule has 0 aliphatic rings. The fraction of sp³-hybridized carbons (Fsp3) is 0.357. The van der Waals surface area contributed by atoms with Gasteiger partial charge in [0.05, 0.1) is 19.3 Å². The Morgan fingerprint density at radius 2 is 2.00 bits per heavy atom. The van der Waals surface area contributed by atoms with Crippen LogP contribution in [0.15, 0.2) is 18.2 Å². The molecule has 1 aromatic carbocycles. The Balaban J connectivity index is 3.10. The van der Waals surface area contributed by atoms with Crippen molar-refractivity contribution in [2.75, 3.05) is 20.8 Å². The van der Waals surface area contributed by atoms with Crippen molar-refractivity contribution >= 4 is 12.0 Å². The number of carbonyl (C=O) groups is 1. The van der Waals surface area contributed by atoms with Gasteiger partial charge in [0.1, 0.15) is 0 Å². The highest BCUT2D eigenvalue weighted by Crippen LogP contribution is 2.18. The summed E-state index contributed by atoms with van der Waals surface area (Å²) in [7, 11) is 3.04. The van der Waals surface area contributed by atoms with Crippen molar-refractivity contribution < 1.29 is 14.3 Å². The highest BCUT2D eigenvalue weighted by Gasteiger charge is 2.11. The molecule has 0 N–H and O–H groups in total. The van der Waals surface area contributed by atoms with Gasteiger partial charge in [0.15, 0.2) is 0 Å². The minimum atomic E-state index is -0.299. The summed E-state index contributed by atoms with van der Waals surface area (Å²) >= 11 is 0. The van der Waals surface area contributed by atoms with Crippen LogP contribution in [0.4, 0.5) is 0 Å². The number of benzene rings is 1. The summed E-state index contributed by atoms with van der Waals surface area (Å²) in [4.78, 5) is 11.6. The number of esters is 1. The maximum Gasteiger partial charge on any atom is 0.338 e. The van der Waals surface area contributed by atoms with Crippen LogP contribution in [0.25, 0.3) is 6.08 Å². The highest BCUT2D eigenvalue weighted by atomic mass is 16.5. The van der Waals surface area contributed by atoms with E-state index in [0.29, 0.717) is 12.2 Å². The number of hydrogen-bond donors (Lipinski definition) is 0. The van der Waals surface area contributed by atoms with Crippen LogP contribution < -0.4 is 0 Å². The zero-order chi connectivity index (χ0) is 12.8. The lowest BCUT2D eigenvalue weighted by Gasteiger charge is -2.08. The van der Waals surface area contributed by atoms with Gasteiger partial charge < -0.3 is 9.47 Å². The van der Waals surface area contributed by atoms with Gasteiger partial charge in [-0.3, -0.25) is 0 Å². The van der Waals surface area contributed by atoms with E-state index in [9.17, 15) is 4.79 Å². The molecule has 3 nitrogen and oxygen atoms in total. The van der Waals surface area contributed by atoms with Crippen molar-refractivity contribution in [1.82, 2.24) is 0 Å². The molecule has 0 aliphatic heterocycles. The van der Waals surface area contributed by atoms with Gasteiger partial charge in [-0.15, -0.1) is 0 Å². The van der Waals surface area contributed by atoms with Gasteiger partial charge in [0, 0.05) is 7.11 Å². The smallest absolute Gasteiger partial charge is 0.338 e.